The summed E-state index contributed by atoms with van der Waals surface area (Å²) < 4.78 is 37.4. The van der Waals surface area contributed by atoms with Crippen molar-refractivity contribution in [3.8, 4) is 0 Å². The molecule has 172 valence electrons. The van der Waals surface area contributed by atoms with Gasteiger partial charge in [0.05, 0.1) is 11.1 Å². The standard InChI is InChI=1S/C25H24F3N3O2/c1-14-7-10-20-18(11-14)22(17-5-3-4-6-19(17)30-20)24(33)31-21-12-16(9-8-15(21)2)23(32)29-13-25(26,27)28/h3-6,8-9,12,14H,7,10-11,13H2,1-2H3,(H,29,32)(H,31,33). The highest BCUT2D eigenvalue weighted by Crippen LogP contribution is 2.32. The van der Waals surface area contributed by atoms with E-state index in [1.54, 1.807) is 13.0 Å². The molecular formula is C25H24F3N3O2. The number of halogens is 3. The minimum absolute atomic E-state index is 0.0374. The second kappa shape index (κ2) is 8.84. The first-order valence-corrected chi connectivity index (χ1v) is 10.8. The maximum absolute atomic E-state index is 13.5. The lowest BCUT2D eigenvalue weighted by molar-refractivity contribution is -0.123. The maximum atomic E-state index is 13.5. The summed E-state index contributed by atoms with van der Waals surface area (Å²) in [6.07, 6.45) is -1.95. The predicted octanol–water partition coefficient (Wildman–Crippen LogP) is 5.21. The van der Waals surface area contributed by atoms with Gasteiger partial charge in [-0.3, -0.25) is 14.6 Å². The van der Waals surface area contributed by atoms with Crippen molar-refractivity contribution in [2.24, 2.45) is 5.92 Å². The van der Waals surface area contributed by atoms with Gasteiger partial charge in [-0.05, 0) is 61.4 Å². The number of hydrogen-bond donors (Lipinski definition) is 2. The molecule has 2 N–H and O–H groups in total. The van der Waals surface area contributed by atoms with Crippen LogP contribution in [0.25, 0.3) is 10.9 Å². The molecule has 0 radical (unpaired) electrons. The molecule has 33 heavy (non-hydrogen) atoms. The van der Waals surface area contributed by atoms with E-state index >= 15 is 0 Å². The van der Waals surface area contributed by atoms with Crippen LogP contribution in [0, 0.1) is 12.8 Å². The number of amides is 2. The molecule has 4 rings (SSSR count). The molecule has 1 aliphatic carbocycles. The van der Waals surface area contributed by atoms with Crippen molar-refractivity contribution in [2.75, 3.05) is 11.9 Å². The minimum atomic E-state index is -4.50. The second-order valence-electron chi connectivity index (χ2n) is 8.56. The fourth-order valence-electron chi connectivity index (χ4n) is 4.19. The Kier molecular flexibility index (Phi) is 6.10. The van der Waals surface area contributed by atoms with E-state index < -0.39 is 18.6 Å². The SMILES string of the molecule is Cc1ccc(C(=O)NCC(F)(F)F)cc1NC(=O)c1c2c(nc3ccccc13)CCC(C)C2. The van der Waals surface area contributed by atoms with E-state index in [9.17, 15) is 22.8 Å². The largest absolute Gasteiger partial charge is 0.405 e. The molecule has 0 saturated heterocycles. The molecule has 1 unspecified atom stereocenters. The fraction of sp³-hybridized carbons (Fsp3) is 0.320. The van der Waals surface area contributed by atoms with E-state index in [2.05, 4.69) is 12.2 Å². The Morgan fingerprint density at radius 3 is 2.64 bits per heavy atom. The normalized spacial score (nSPS) is 15.7. The number of benzene rings is 2. The third kappa shape index (κ3) is 4.99. The number of anilines is 1. The van der Waals surface area contributed by atoms with Gasteiger partial charge < -0.3 is 10.6 Å². The third-order valence-electron chi connectivity index (χ3n) is 5.93. The molecule has 0 saturated carbocycles. The number of carbonyl (C=O) groups is 2. The Morgan fingerprint density at radius 1 is 1.12 bits per heavy atom. The lowest BCUT2D eigenvalue weighted by Gasteiger charge is -2.24. The van der Waals surface area contributed by atoms with Crippen molar-refractivity contribution in [1.29, 1.82) is 0 Å². The Bertz CT molecular complexity index is 1240. The number of fused-ring (bicyclic) bond motifs is 2. The molecule has 5 nitrogen and oxygen atoms in total. The second-order valence-corrected chi connectivity index (χ2v) is 8.56. The van der Waals surface area contributed by atoms with E-state index in [1.807, 2.05) is 29.6 Å². The molecule has 0 fully saturated rings. The summed E-state index contributed by atoms with van der Waals surface area (Å²) in [5, 5.41) is 5.49. The van der Waals surface area contributed by atoms with Crippen molar-refractivity contribution >= 4 is 28.4 Å². The van der Waals surface area contributed by atoms with Crippen molar-refractivity contribution < 1.29 is 22.8 Å². The van der Waals surface area contributed by atoms with Gasteiger partial charge in [-0.2, -0.15) is 13.2 Å². The topological polar surface area (TPSA) is 71.1 Å². The van der Waals surface area contributed by atoms with Crippen molar-refractivity contribution in [1.82, 2.24) is 10.3 Å². The van der Waals surface area contributed by atoms with Crippen LogP contribution < -0.4 is 10.6 Å². The van der Waals surface area contributed by atoms with Crippen molar-refractivity contribution in [3.63, 3.8) is 0 Å². The van der Waals surface area contributed by atoms with Crippen LogP contribution in [0.3, 0.4) is 0 Å². The van der Waals surface area contributed by atoms with Gasteiger partial charge in [0.25, 0.3) is 11.8 Å². The van der Waals surface area contributed by atoms with Gasteiger partial charge in [-0.1, -0.05) is 31.2 Å². The molecule has 3 aromatic rings. The summed E-state index contributed by atoms with van der Waals surface area (Å²) in [7, 11) is 0. The van der Waals surface area contributed by atoms with Crippen LogP contribution in [0.5, 0.6) is 0 Å². The smallest absolute Gasteiger partial charge is 0.343 e. The molecule has 2 aromatic carbocycles. The van der Waals surface area contributed by atoms with Crippen LogP contribution in [0.1, 0.15) is 50.9 Å². The first-order chi connectivity index (χ1) is 15.6. The zero-order valence-electron chi connectivity index (χ0n) is 18.3. The van der Waals surface area contributed by atoms with Crippen LogP contribution in [0.2, 0.25) is 0 Å². The summed E-state index contributed by atoms with van der Waals surface area (Å²) in [6.45, 7) is 2.48. The molecular weight excluding hydrogens is 431 g/mol. The summed E-state index contributed by atoms with van der Waals surface area (Å²) in [6, 6.07) is 11.9. The first kappa shape index (κ1) is 22.8. The number of nitrogens with zero attached hydrogens (tertiary/aromatic N) is 1. The predicted molar refractivity (Wildman–Crippen MR) is 120 cm³/mol. The van der Waals surface area contributed by atoms with Crippen molar-refractivity contribution in [2.45, 2.75) is 39.3 Å². The van der Waals surface area contributed by atoms with Gasteiger partial charge in [0.2, 0.25) is 0 Å². The summed E-state index contributed by atoms with van der Waals surface area (Å²) in [5.41, 5.74) is 4.27. The lowest BCUT2D eigenvalue weighted by atomic mass is 9.84. The third-order valence-corrected chi connectivity index (χ3v) is 5.93. The molecule has 1 aliphatic rings. The Labute approximate surface area is 189 Å². The molecule has 1 heterocycles. The summed E-state index contributed by atoms with van der Waals surface area (Å²) in [4.78, 5) is 30.5. The molecule has 0 spiro atoms. The number of alkyl halides is 3. The Balaban J connectivity index is 1.68. The van der Waals surface area contributed by atoms with Crippen LogP contribution in [-0.2, 0) is 12.8 Å². The van der Waals surface area contributed by atoms with Crippen LogP contribution in [-0.4, -0.2) is 29.5 Å². The zero-order valence-corrected chi connectivity index (χ0v) is 18.3. The quantitative estimate of drug-likeness (QED) is 0.567. The van der Waals surface area contributed by atoms with E-state index in [-0.39, 0.29) is 11.5 Å². The number of carbonyl (C=O) groups excluding carboxylic acids is 2. The number of aryl methyl sites for hydroxylation is 2. The highest BCUT2D eigenvalue weighted by molar-refractivity contribution is 6.14. The van der Waals surface area contributed by atoms with E-state index in [1.165, 1.54) is 12.1 Å². The van der Waals surface area contributed by atoms with Crippen molar-refractivity contribution in [3.05, 3.63) is 70.4 Å². The minimum Gasteiger partial charge on any atom is -0.343 e. The first-order valence-electron chi connectivity index (χ1n) is 10.8. The highest BCUT2D eigenvalue weighted by atomic mass is 19.4. The lowest BCUT2D eigenvalue weighted by Crippen LogP contribution is -2.33. The van der Waals surface area contributed by atoms with Gasteiger partial charge >= 0.3 is 6.18 Å². The number of nitrogens with one attached hydrogen (secondary N) is 2. The molecule has 2 amide bonds. The van der Waals surface area contributed by atoms with Gasteiger partial charge in [0, 0.05) is 22.3 Å². The molecule has 1 aromatic heterocycles. The summed E-state index contributed by atoms with van der Waals surface area (Å²) >= 11 is 0. The number of hydrogen-bond acceptors (Lipinski definition) is 3. The highest BCUT2D eigenvalue weighted by Gasteiger charge is 2.28. The Morgan fingerprint density at radius 2 is 1.88 bits per heavy atom. The summed E-state index contributed by atoms with van der Waals surface area (Å²) in [5.74, 6) is -0.757. The van der Waals surface area contributed by atoms with Gasteiger partial charge in [-0.25, -0.2) is 0 Å². The number of aromatic nitrogens is 1. The Hall–Kier alpha value is -3.42. The van der Waals surface area contributed by atoms with Crippen LogP contribution in [0.15, 0.2) is 42.5 Å². The number of para-hydroxylation sites is 1. The zero-order chi connectivity index (χ0) is 23.8. The average molecular weight is 455 g/mol. The van der Waals surface area contributed by atoms with E-state index in [0.29, 0.717) is 22.7 Å². The molecule has 8 heteroatoms. The maximum Gasteiger partial charge on any atom is 0.405 e. The average Bonchev–Trinajstić information content (AvgIpc) is 2.76. The van der Waals surface area contributed by atoms with E-state index in [4.69, 9.17) is 4.98 Å². The molecule has 0 aliphatic heterocycles. The van der Waals surface area contributed by atoms with Crippen LogP contribution >= 0.6 is 0 Å². The van der Waals surface area contributed by atoms with Gasteiger partial charge in [-0.15, -0.1) is 0 Å². The molecule has 0 bridgehead atoms. The molecule has 1 atom stereocenters. The number of rotatable bonds is 4. The van der Waals surface area contributed by atoms with Gasteiger partial charge in [0.15, 0.2) is 0 Å². The monoisotopic (exact) mass is 455 g/mol. The van der Waals surface area contributed by atoms with Gasteiger partial charge in [0.1, 0.15) is 6.54 Å². The number of pyridine rings is 1. The fourth-order valence-corrected chi connectivity index (χ4v) is 4.19. The van der Waals surface area contributed by atoms with Crippen LogP contribution in [0.4, 0.5) is 18.9 Å². The van der Waals surface area contributed by atoms with E-state index in [0.717, 1.165) is 41.4 Å².